The smallest absolute Gasteiger partial charge is 0.247 e. The van der Waals surface area contributed by atoms with E-state index in [1.54, 1.807) is 17.1 Å². The molecule has 1 saturated carbocycles. The predicted molar refractivity (Wildman–Crippen MR) is 93.6 cm³/mol. The fourth-order valence-electron chi connectivity index (χ4n) is 3.16. The van der Waals surface area contributed by atoms with Gasteiger partial charge in [0.1, 0.15) is 5.75 Å². The molecule has 1 aliphatic heterocycles. The molecule has 24 heavy (non-hydrogen) atoms. The molecule has 1 heterocycles. The standard InChI is InChI=1S/C18H23NO4S/c1-2-23-17-6-4-3-5-14(17)7-10-18(20)19(15-8-9-15)16-11-12-24(21,22)13-16/h3-7,10,15-16H,2,8-9,11-13H2,1H3/b10-7+. The van der Waals surface area contributed by atoms with Gasteiger partial charge in [-0.3, -0.25) is 4.79 Å². The minimum atomic E-state index is -3.00. The number of amides is 1. The topological polar surface area (TPSA) is 63.7 Å². The first-order valence-corrected chi connectivity index (χ1v) is 10.2. The summed E-state index contributed by atoms with van der Waals surface area (Å²) in [6.07, 6.45) is 5.78. The quantitative estimate of drug-likeness (QED) is 0.739. The van der Waals surface area contributed by atoms with Crippen LogP contribution in [0.15, 0.2) is 30.3 Å². The Morgan fingerprint density at radius 2 is 2.00 bits per heavy atom. The maximum absolute atomic E-state index is 12.7. The number of rotatable bonds is 6. The largest absolute Gasteiger partial charge is 0.493 e. The lowest BCUT2D eigenvalue weighted by atomic mass is 10.1. The summed E-state index contributed by atoms with van der Waals surface area (Å²) in [4.78, 5) is 14.5. The number of hydrogen-bond acceptors (Lipinski definition) is 4. The van der Waals surface area contributed by atoms with Crippen LogP contribution in [0.2, 0.25) is 0 Å². The molecule has 1 amide bonds. The highest BCUT2D eigenvalue weighted by atomic mass is 32.2. The molecular formula is C18H23NO4S. The van der Waals surface area contributed by atoms with Gasteiger partial charge in [0, 0.05) is 23.7 Å². The van der Waals surface area contributed by atoms with E-state index in [0.717, 1.165) is 24.2 Å². The second-order valence-corrected chi connectivity index (χ2v) is 8.57. The summed E-state index contributed by atoms with van der Waals surface area (Å²) in [6, 6.07) is 7.58. The van der Waals surface area contributed by atoms with Crippen LogP contribution in [0.5, 0.6) is 5.75 Å². The Bertz CT molecular complexity index is 737. The zero-order chi connectivity index (χ0) is 17.2. The predicted octanol–water partition coefficient (Wildman–Crippen LogP) is 2.28. The molecule has 2 fully saturated rings. The summed E-state index contributed by atoms with van der Waals surface area (Å²) in [6.45, 7) is 2.48. The Morgan fingerprint density at radius 3 is 2.62 bits per heavy atom. The van der Waals surface area contributed by atoms with Gasteiger partial charge in [-0.15, -0.1) is 0 Å². The number of benzene rings is 1. The Balaban J connectivity index is 1.75. The van der Waals surface area contributed by atoms with Crippen LogP contribution in [-0.4, -0.2) is 49.4 Å². The van der Waals surface area contributed by atoms with Gasteiger partial charge < -0.3 is 9.64 Å². The van der Waals surface area contributed by atoms with Crippen molar-refractivity contribution in [2.24, 2.45) is 0 Å². The summed E-state index contributed by atoms with van der Waals surface area (Å²) >= 11 is 0. The normalized spacial score (nSPS) is 22.6. The fourth-order valence-corrected chi connectivity index (χ4v) is 4.87. The molecule has 0 radical (unpaired) electrons. The van der Waals surface area contributed by atoms with Crippen molar-refractivity contribution in [3.8, 4) is 5.75 Å². The number of ether oxygens (including phenoxy) is 1. The van der Waals surface area contributed by atoms with Gasteiger partial charge in [-0.1, -0.05) is 18.2 Å². The monoisotopic (exact) mass is 349 g/mol. The lowest BCUT2D eigenvalue weighted by molar-refractivity contribution is -0.128. The molecule has 1 unspecified atom stereocenters. The molecule has 1 aromatic rings. The molecule has 3 rings (SSSR count). The fraction of sp³-hybridized carbons (Fsp3) is 0.500. The summed E-state index contributed by atoms with van der Waals surface area (Å²) < 4.78 is 29.0. The van der Waals surface area contributed by atoms with Crippen molar-refractivity contribution in [1.29, 1.82) is 0 Å². The van der Waals surface area contributed by atoms with E-state index in [0.29, 0.717) is 13.0 Å². The van der Waals surface area contributed by atoms with Gasteiger partial charge in [0.25, 0.3) is 0 Å². The zero-order valence-electron chi connectivity index (χ0n) is 13.8. The molecule has 5 nitrogen and oxygen atoms in total. The van der Waals surface area contributed by atoms with Crippen LogP contribution in [0, 0.1) is 0 Å². The second-order valence-electron chi connectivity index (χ2n) is 6.34. The molecule has 1 atom stereocenters. The Kier molecular flexibility index (Phi) is 4.94. The summed E-state index contributed by atoms with van der Waals surface area (Å²) in [5.74, 6) is 0.917. The molecule has 1 aromatic carbocycles. The lowest BCUT2D eigenvalue weighted by Gasteiger charge is -2.27. The Labute approximate surface area is 143 Å². The van der Waals surface area contributed by atoms with E-state index < -0.39 is 9.84 Å². The number of hydrogen-bond donors (Lipinski definition) is 0. The van der Waals surface area contributed by atoms with E-state index >= 15 is 0 Å². The second kappa shape index (κ2) is 6.97. The molecule has 1 saturated heterocycles. The lowest BCUT2D eigenvalue weighted by Crippen LogP contribution is -2.41. The van der Waals surface area contributed by atoms with Gasteiger partial charge in [0.05, 0.1) is 18.1 Å². The van der Waals surface area contributed by atoms with Crippen LogP contribution in [0.3, 0.4) is 0 Å². The third-order valence-electron chi connectivity index (χ3n) is 4.42. The Morgan fingerprint density at radius 1 is 1.25 bits per heavy atom. The van der Waals surface area contributed by atoms with Gasteiger partial charge in [0.2, 0.25) is 5.91 Å². The van der Waals surface area contributed by atoms with E-state index in [9.17, 15) is 13.2 Å². The summed E-state index contributed by atoms with van der Waals surface area (Å²) in [5.41, 5.74) is 0.850. The van der Waals surface area contributed by atoms with Gasteiger partial charge >= 0.3 is 0 Å². The van der Waals surface area contributed by atoms with Crippen LogP contribution >= 0.6 is 0 Å². The number of nitrogens with zero attached hydrogens (tertiary/aromatic N) is 1. The average Bonchev–Trinajstić information content (AvgIpc) is 3.30. The molecule has 0 bridgehead atoms. The van der Waals surface area contributed by atoms with Crippen molar-refractivity contribution in [2.45, 2.75) is 38.3 Å². The highest BCUT2D eigenvalue weighted by Gasteiger charge is 2.41. The van der Waals surface area contributed by atoms with Crippen molar-refractivity contribution in [2.75, 3.05) is 18.1 Å². The first kappa shape index (κ1) is 17.0. The highest BCUT2D eigenvalue weighted by molar-refractivity contribution is 7.91. The van der Waals surface area contributed by atoms with Crippen molar-refractivity contribution >= 4 is 21.8 Å². The number of carbonyl (C=O) groups excluding carboxylic acids is 1. The number of para-hydroxylation sites is 1. The van der Waals surface area contributed by atoms with Crippen molar-refractivity contribution in [3.05, 3.63) is 35.9 Å². The molecule has 2 aliphatic rings. The van der Waals surface area contributed by atoms with Crippen LogP contribution in [0.1, 0.15) is 31.7 Å². The zero-order valence-corrected chi connectivity index (χ0v) is 14.7. The minimum Gasteiger partial charge on any atom is -0.493 e. The van der Waals surface area contributed by atoms with E-state index in [1.807, 2.05) is 31.2 Å². The molecule has 1 aliphatic carbocycles. The minimum absolute atomic E-state index is 0.0958. The summed E-state index contributed by atoms with van der Waals surface area (Å²) in [7, 11) is -3.00. The third kappa shape index (κ3) is 3.98. The van der Waals surface area contributed by atoms with Gasteiger partial charge in [0.15, 0.2) is 9.84 Å². The molecule has 6 heteroatoms. The average molecular weight is 349 g/mol. The van der Waals surface area contributed by atoms with Crippen molar-refractivity contribution < 1.29 is 17.9 Å². The van der Waals surface area contributed by atoms with E-state index in [4.69, 9.17) is 4.74 Å². The van der Waals surface area contributed by atoms with Crippen LogP contribution < -0.4 is 4.74 Å². The first-order valence-electron chi connectivity index (χ1n) is 8.43. The third-order valence-corrected chi connectivity index (χ3v) is 6.17. The van der Waals surface area contributed by atoms with Crippen LogP contribution in [0.25, 0.3) is 6.08 Å². The van der Waals surface area contributed by atoms with Crippen LogP contribution in [0.4, 0.5) is 0 Å². The first-order chi connectivity index (χ1) is 11.5. The van der Waals surface area contributed by atoms with Crippen molar-refractivity contribution in [1.82, 2.24) is 4.90 Å². The molecule has 0 N–H and O–H groups in total. The van der Waals surface area contributed by atoms with Crippen LogP contribution in [-0.2, 0) is 14.6 Å². The maximum atomic E-state index is 12.7. The van der Waals surface area contributed by atoms with E-state index in [2.05, 4.69) is 0 Å². The van der Waals surface area contributed by atoms with E-state index in [1.165, 1.54) is 0 Å². The Hall–Kier alpha value is -1.82. The van der Waals surface area contributed by atoms with Crippen molar-refractivity contribution in [3.63, 3.8) is 0 Å². The number of carbonyl (C=O) groups is 1. The molecule has 0 spiro atoms. The molecule has 0 aromatic heterocycles. The SMILES string of the molecule is CCOc1ccccc1/C=C/C(=O)N(C1CC1)C1CCS(=O)(=O)C1. The number of sulfone groups is 1. The van der Waals surface area contributed by atoms with Gasteiger partial charge in [-0.25, -0.2) is 8.42 Å². The van der Waals surface area contributed by atoms with Gasteiger partial charge in [-0.05, 0) is 38.3 Å². The molecule has 130 valence electrons. The van der Waals surface area contributed by atoms with E-state index in [-0.39, 0.29) is 29.5 Å². The summed E-state index contributed by atoms with van der Waals surface area (Å²) in [5, 5.41) is 0. The molecular weight excluding hydrogens is 326 g/mol. The highest BCUT2D eigenvalue weighted by Crippen LogP contribution is 2.32. The maximum Gasteiger partial charge on any atom is 0.247 e. The van der Waals surface area contributed by atoms with Gasteiger partial charge in [-0.2, -0.15) is 0 Å².